The van der Waals surface area contributed by atoms with Gasteiger partial charge in [-0.3, -0.25) is 4.98 Å². The molecule has 0 atom stereocenters. The van der Waals surface area contributed by atoms with Gasteiger partial charge in [0.15, 0.2) is 0 Å². The zero-order valence-electron chi connectivity index (χ0n) is 9.26. The van der Waals surface area contributed by atoms with Crippen LogP contribution in [0.15, 0.2) is 54.9 Å². The van der Waals surface area contributed by atoms with Crippen molar-refractivity contribution in [2.75, 3.05) is 6.54 Å². The Bertz CT molecular complexity index is 356. The fourth-order valence-electron chi connectivity index (χ4n) is 1.61. The molecular formula is C14H16N2. The van der Waals surface area contributed by atoms with Crippen LogP contribution in [0.5, 0.6) is 0 Å². The van der Waals surface area contributed by atoms with Crippen LogP contribution in [0.3, 0.4) is 0 Å². The maximum absolute atomic E-state index is 4.09. The lowest BCUT2D eigenvalue weighted by molar-refractivity contribution is 0.686. The van der Waals surface area contributed by atoms with Crippen molar-refractivity contribution in [2.45, 2.75) is 13.0 Å². The number of nitrogens with zero attached hydrogens (tertiary/aromatic N) is 1. The SMILES string of the molecule is c1ccc(CNCCc2cccnc2)cc1. The van der Waals surface area contributed by atoms with Gasteiger partial charge in [-0.2, -0.15) is 0 Å². The van der Waals surface area contributed by atoms with E-state index in [2.05, 4.69) is 40.6 Å². The minimum absolute atomic E-state index is 0.932. The van der Waals surface area contributed by atoms with E-state index in [-0.39, 0.29) is 0 Å². The summed E-state index contributed by atoms with van der Waals surface area (Å²) in [5.74, 6) is 0. The van der Waals surface area contributed by atoms with E-state index in [1.807, 2.05) is 18.3 Å². The Balaban J connectivity index is 1.70. The van der Waals surface area contributed by atoms with E-state index < -0.39 is 0 Å². The van der Waals surface area contributed by atoms with Gasteiger partial charge in [0.1, 0.15) is 0 Å². The van der Waals surface area contributed by atoms with Crippen molar-refractivity contribution in [1.29, 1.82) is 0 Å². The third-order valence-electron chi connectivity index (χ3n) is 2.49. The summed E-state index contributed by atoms with van der Waals surface area (Å²) < 4.78 is 0. The summed E-state index contributed by atoms with van der Waals surface area (Å²) in [6, 6.07) is 14.5. The van der Waals surface area contributed by atoms with E-state index in [1.54, 1.807) is 6.20 Å². The molecule has 2 aromatic rings. The van der Waals surface area contributed by atoms with Crippen molar-refractivity contribution in [3.8, 4) is 0 Å². The maximum Gasteiger partial charge on any atom is 0.0300 e. The molecule has 0 aliphatic rings. The van der Waals surface area contributed by atoms with Crippen molar-refractivity contribution in [3.63, 3.8) is 0 Å². The average molecular weight is 212 g/mol. The Hall–Kier alpha value is -1.67. The summed E-state index contributed by atoms with van der Waals surface area (Å²) in [5, 5.41) is 3.42. The molecular weight excluding hydrogens is 196 g/mol. The van der Waals surface area contributed by atoms with Crippen LogP contribution in [-0.2, 0) is 13.0 Å². The number of benzene rings is 1. The normalized spacial score (nSPS) is 10.2. The number of pyridine rings is 1. The first-order valence-corrected chi connectivity index (χ1v) is 5.59. The first kappa shape index (κ1) is 10.8. The average Bonchev–Trinajstić information content (AvgIpc) is 2.37. The van der Waals surface area contributed by atoms with Crippen LogP contribution >= 0.6 is 0 Å². The van der Waals surface area contributed by atoms with Crippen molar-refractivity contribution in [1.82, 2.24) is 10.3 Å². The Morgan fingerprint density at radius 1 is 0.938 bits per heavy atom. The summed E-state index contributed by atoms with van der Waals surface area (Å²) in [4.78, 5) is 4.09. The molecule has 0 aliphatic carbocycles. The summed E-state index contributed by atoms with van der Waals surface area (Å²) in [6.45, 7) is 1.92. The summed E-state index contributed by atoms with van der Waals surface area (Å²) in [7, 11) is 0. The second-order valence-electron chi connectivity index (χ2n) is 3.77. The van der Waals surface area contributed by atoms with Gasteiger partial charge in [0, 0.05) is 18.9 Å². The van der Waals surface area contributed by atoms with Gasteiger partial charge in [-0.25, -0.2) is 0 Å². The van der Waals surface area contributed by atoms with Crippen molar-refractivity contribution < 1.29 is 0 Å². The second-order valence-corrected chi connectivity index (χ2v) is 3.77. The zero-order chi connectivity index (χ0) is 11.1. The fourth-order valence-corrected chi connectivity index (χ4v) is 1.61. The monoisotopic (exact) mass is 212 g/mol. The quantitative estimate of drug-likeness (QED) is 0.770. The molecule has 1 aromatic heterocycles. The maximum atomic E-state index is 4.09. The molecule has 0 radical (unpaired) electrons. The van der Waals surface area contributed by atoms with Crippen molar-refractivity contribution >= 4 is 0 Å². The van der Waals surface area contributed by atoms with Crippen LogP contribution in [0.2, 0.25) is 0 Å². The molecule has 0 spiro atoms. The molecule has 2 rings (SSSR count). The van der Waals surface area contributed by atoms with Gasteiger partial charge in [0.2, 0.25) is 0 Å². The topological polar surface area (TPSA) is 24.9 Å². The first-order valence-electron chi connectivity index (χ1n) is 5.59. The summed E-state index contributed by atoms with van der Waals surface area (Å²) >= 11 is 0. The lowest BCUT2D eigenvalue weighted by Crippen LogP contribution is -2.16. The van der Waals surface area contributed by atoms with Crippen LogP contribution in [0.4, 0.5) is 0 Å². The molecule has 0 bridgehead atoms. The molecule has 16 heavy (non-hydrogen) atoms. The summed E-state index contributed by atoms with van der Waals surface area (Å²) in [5.41, 5.74) is 2.61. The first-order chi connectivity index (χ1) is 7.95. The number of rotatable bonds is 5. The van der Waals surface area contributed by atoms with Crippen LogP contribution in [0.1, 0.15) is 11.1 Å². The third kappa shape index (κ3) is 3.48. The van der Waals surface area contributed by atoms with Crippen LogP contribution in [-0.4, -0.2) is 11.5 Å². The highest BCUT2D eigenvalue weighted by molar-refractivity contribution is 5.14. The molecule has 82 valence electrons. The van der Waals surface area contributed by atoms with Gasteiger partial charge in [-0.05, 0) is 30.2 Å². The molecule has 0 saturated carbocycles. The van der Waals surface area contributed by atoms with Crippen LogP contribution in [0, 0.1) is 0 Å². The Morgan fingerprint density at radius 2 is 1.75 bits per heavy atom. The predicted octanol–water partition coefficient (Wildman–Crippen LogP) is 2.41. The van der Waals surface area contributed by atoms with E-state index in [1.165, 1.54) is 11.1 Å². The molecule has 1 heterocycles. The highest BCUT2D eigenvalue weighted by Crippen LogP contribution is 1.98. The zero-order valence-corrected chi connectivity index (χ0v) is 9.26. The lowest BCUT2D eigenvalue weighted by atomic mass is 10.2. The molecule has 2 nitrogen and oxygen atoms in total. The molecule has 0 fully saturated rings. The number of aromatic nitrogens is 1. The van der Waals surface area contributed by atoms with E-state index in [0.717, 1.165) is 19.5 Å². The predicted molar refractivity (Wildman–Crippen MR) is 66.1 cm³/mol. The molecule has 2 heteroatoms. The Labute approximate surface area is 96.4 Å². The van der Waals surface area contributed by atoms with Crippen LogP contribution in [0.25, 0.3) is 0 Å². The fraction of sp³-hybridized carbons (Fsp3) is 0.214. The largest absolute Gasteiger partial charge is 0.312 e. The molecule has 0 saturated heterocycles. The number of nitrogens with one attached hydrogen (secondary N) is 1. The van der Waals surface area contributed by atoms with Crippen LogP contribution < -0.4 is 5.32 Å². The lowest BCUT2D eigenvalue weighted by Gasteiger charge is -2.04. The molecule has 1 aromatic carbocycles. The van der Waals surface area contributed by atoms with Gasteiger partial charge < -0.3 is 5.32 Å². The van der Waals surface area contributed by atoms with Gasteiger partial charge >= 0.3 is 0 Å². The van der Waals surface area contributed by atoms with E-state index in [9.17, 15) is 0 Å². The van der Waals surface area contributed by atoms with E-state index >= 15 is 0 Å². The van der Waals surface area contributed by atoms with E-state index in [4.69, 9.17) is 0 Å². The Kier molecular flexibility index (Phi) is 4.08. The summed E-state index contributed by atoms with van der Waals surface area (Å²) in [6.07, 6.45) is 4.76. The Morgan fingerprint density at radius 3 is 2.50 bits per heavy atom. The molecule has 0 aliphatic heterocycles. The minimum atomic E-state index is 0.932. The van der Waals surface area contributed by atoms with Gasteiger partial charge in [-0.15, -0.1) is 0 Å². The third-order valence-corrected chi connectivity index (χ3v) is 2.49. The standard InChI is InChI=1S/C14H16N2/c1-2-5-13(6-3-1)11-16-10-8-14-7-4-9-15-12-14/h1-7,9,12,16H,8,10-11H2. The van der Waals surface area contributed by atoms with Gasteiger partial charge in [-0.1, -0.05) is 36.4 Å². The highest BCUT2D eigenvalue weighted by atomic mass is 14.8. The van der Waals surface area contributed by atoms with Crippen molar-refractivity contribution in [3.05, 3.63) is 66.0 Å². The minimum Gasteiger partial charge on any atom is -0.312 e. The van der Waals surface area contributed by atoms with Crippen molar-refractivity contribution in [2.24, 2.45) is 0 Å². The van der Waals surface area contributed by atoms with E-state index in [0.29, 0.717) is 0 Å². The van der Waals surface area contributed by atoms with Gasteiger partial charge in [0.25, 0.3) is 0 Å². The van der Waals surface area contributed by atoms with Gasteiger partial charge in [0.05, 0.1) is 0 Å². The second kappa shape index (κ2) is 6.03. The smallest absolute Gasteiger partial charge is 0.0300 e. The number of hydrogen-bond acceptors (Lipinski definition) is 2. The number of hydrogen-bond donors (Lipinski definition) is 1. The molecule has 1 N–H and O–H groups in total. The molecule has 0 unspecified atom stereocenters. The molecule has 0 amide bonds. The highest BCUT2D eigenvalue weighted by Gasteiger charge is 1.93.